The quantitative estimate of drug-likeness (QED) is 0.429. The molecule has 0 amide bonds. The number of hydrogen-bond donors (Lipinski definition) is 1. The molecule has 178 valence electrons. The molecule has 0 saturated carbocycles. The Hall–Kier alpha value is -3.74. The van der Waals surface area contributed by atoms with Gasteiger partial charge in [0.15, 0.2) is 5.88 Å². The molecule has 34 heavy (non-hydrogen) atoms. The second-order valence-corrected chi connectivity index (χ2v) is 8.46. The van der Waals surface area contributed by atoms with Crippen molar-refractivity contribution >= 4 is 5.97 Å². The van der Waals surface area contributed by atoms with E-state index in [1.807, 2.05) is 73.3 Å². The average molecular weight is 463 g/mol. The first-order valence-electron chi connectivity index (χ1n) is 11.5. The zero-order valence-corrected chi connectivity index (χ0v) is 19.6. The summed E-state index contributed by atoms with van der Waals surface area (Å²) in [4.78, 5) is 18.3. The number of carboxylic acids is 1. The Morgan fingerprint density at radius 3 is 2.59 bits per heavy atom. The van der Waals surface area contributed by atoms with Gasteiger partial charge in [-0.15, -0.1) is 0 Å². The van der Waals surface area contributed by atoms with Gasteiger partial charge in [-0.25, -0.2) is 4.98 Å². The maximum Gasteiger partial charge on any atom is 0.308 e. The highest BCUT2D eigenvalue weighted by Gasteiger charge is 2.38. The van der Waals surface area contributed by atoms with E-state index in [1.54, 1.807) is 0 Å². The van der Waals surface area contributed by atoms with Gasteiger partial charge >= 0.3 is 5.97 Å². The lowest BCUT2D eigenvalue weighted by atomic mass is 9.90. The Morgan fingerprint density at radius 1 is 1.18 bits per heavy atom. The lowest BCUT2D eigenvalue weighted by molar-refractivity contribution is -0.142. The summed E-state index contributed by atoms with van der Waals surface area (Å²) >= 11 is 0. The van der Waals surface area contributed by atoms with Crippen LogP contribution in [0.5, 0.6) is 5.75 Å². The van der Waals surface area contributed by atoms with Crippen LogP contribution in [0.2, 0.25) is 0 Å². The number of carboxylic acid groups (broad SMARTS) is 1. The van der Waals surface area contributed by atoms with Gasteiger partial charge in [0.25, 0.3) is 0 Å². The van der Waals surface area contributed by atoms with Crippen LogP contribution in [-0.2, 0) is 22.6 Å². The van der Waals surface area contributed by atoms with Gasteiger partial charge in [-0.3, -0.25) is 4.79 Å². The molecule has 2 aromatic carbocycles. The van der Waals surface area contributed by atoms with Gasteiger partial charge < -0.3 is 23.9 Å². The molecule has 0 bridgehead atoms. The number of aliphatic carboxylic acids is 1. The minimum Gasteiger partial charge on any atom is -0.487 e. The number of oxazole rings is 1. The lowest BCUT2D eigenvalue weighted by Crippen LogP contribution is -2.24. The highest BCUT2D eigenvalue weighted by molar-refractivity contribution is 5.71. The van der Waals surface area contributed by atoms with Crippen molar-refractivity contribution in [2.45, 2.75) is 26.9 Å². The van der Waals surface area contributed by atoms with Crippen molar-refractivity contribution in [1.82, 2.24) is 9.88 Å². The van der Waals surface area contributed by atoms with Crippen molar-refractivity contribution in [1.29, 1.82) is 0 Å². The third kappa shape index (κ3) is 5.42. The van der Waals surface area contributed by atoms with Gasteiger partial charge in [-0.2, -0.15) is 0 Å². The summed E-state index contributed by atoms with van der Waals surface area (Å²) in [5.74, 6) is 1.32. The molecule has 2 atom stereocenters. The van der Waals surface area contributed by atoms with Crippen LogP contribution in [-0.4, -0.2) is 40.7 Å². The summed E-state index contributed by atoms with van der Waals surface area (Å²) in [6.07, 6.45) is 0.663. The van der Waals surface area contributed by atoms with Gasteiger partial charge in [0.1, 0.15) is 23.8 Å². The van der Waals surface area contributed by atoms with Gasteiger partial charge in [-0.1, -0.05) is 30.3 Å². The number of ether oxygens (including phenoxy) is 2. The SMILES string of the molecule is C=C(OCC)N1C[C@@H](Cc2ccc(OCc3nc(-c4ccccc4)oc3C)cc2)[C@H](C(=O)O)C1. The summed E-state index contributed by atoms with van der Waals surface area (Å²) in [6, 6.07) is 17.6. The second-order valence-electron chi connectivity index (χ2n) is 8.46. The summed E-state index contributed by atoms with van der Waals surface area (Å²) in [6.45, 7) is 9.55. The van der Waals surface area contributed by atoms with E-state index in [2.05, 4.69) is 11.6 Å². The Morgan fingerprint density at radius 2 is 1.91 bits per heavy atom. The highest BCUT2D eigenvalue weighted by atomic mass is 16.5. The van der Waals surface area contributed by atoms with E-state index in [-0.39, 0.29) is 5.92 Å². The van der Waals surface area contributed by atoms with E-state index in [9.17, 15) is 9.90 Å². The van der Waals surface area contributed by atoms with Crippen LogP contribution >= 0.6 is 0 Å². The molecule has 2 heterocycles. The van der Waals surface area contributed by atoms with Crippen LogP contribution in [0.4, 0.5) is 0 Å². The van der Waals surface area contributed by atoms with Crippen LogP contribution < -0.4 is 4.74 Å². The molecule has 4 rings (SSSR count). The van der Waals surface area contributed by atoms with E-state index in [0.717, 1.165) is 28.3 Å². The molecule has 1 aromatic heterocycles. The maximum absolute atomic E-state index is 11.8. The maximum atomic E-state index is 11.8. The molecule has 1 aliphatic rings. The predicted octanol–water partition coefficient (Wildman–Crippen LogP) is 4.91. The van der Waals surface area contributed by atoms with Crippen LogP contribution in [0.15, 0.2) is 71.5 Å². The number of benzene rings is 2. The van der Waals surface area contributed by atoms with E-state index in [4.69, 9.17) is 13.9 Å². The molecule has 3 aromatic rings. The van der Waals surface area contributed by atoms with Crippen LogP contribution in [0.25, 0.3) is 11.5 Å². The normalized spacial score (nSPS) is 17.5. The highest BCUT2D eigenvalue weighted by Crippen LogP contribution is 2.30. The number of likely N-dealkylation sites (tertiary alicyclic amines) is 1. The van der Waals surface area contributed by atoms with Crippen LogP contribution in [0.1, 0.15) is 23.9 Å². The fourth-order valence-electron chi connectivity index (χ4n) is 4.26. The largest absolute Gasteiger partial charge is 0.487 e. The Bertz CT molecular complexity index is 1120. The average Bonchev–Trinajstić information content (AvgIpc) is 3.43. The zero-order valence-electron chi connectivity index (χ0n) is 19.6. The molecule has 0 radical (unpaired) electrons. The monoisotopic (exact) mass is 462 g/mol. The van der Waals surface area contributed by atoms with Crippen molar-refractivity contribution in [3.63, 3.8) is 0 Å². The molecule has 1 saturated heterocycles. The van der Waals surface area contributed by atoms with Crippen molar-refractivity contribution < 1.29 is 23.8 Å². The van der Waals surface area contributed by atoms with E-state index in [1.165, 1.54) is 0 Å². The first-order valence-corrected chi connectivity index (χ1v) is 11.5. The number of hydrogen-bond acceptors (Lipinski definition) is 6. The van der Waals surface area contributed by atoms with E-state index >= 15 is 0 Å². The molecule has 1 aliphatic heterocycles. The Labute approximate surface area is 199 Å². The molecule has 7 heteroatoms. The van der Waals surface area contributed by atoms with E-state index < -0.39 is 11.9 Å². The molecule has 1 N–H and O–H groups in total. The van der Waals surface area contributed by atoms with Gasteiger partial charge in [0, 0.05) is 18.7 Å². The first kappa shape index (κ1) is 23.4. The number of rotatable bonds is 10. The third-order valence-electron chi connectivity index (χ3n) is 6.13. The topological polar surface area (TPSA) is 85.0 Å². The lowest BCUT2D eigenvalue weighted by Gasteiger charge is -2.20. The van der Waals surface area contributed by atoms with Crippen molar-refractivity contribution in [3.05, 3.63) is 84.1 Å². The van der Waals surface area contributed by atoms with Crippen LogP contribution in [0.3, 0.4) is 0 Å². The number of carbonyl (C=O) groups is 1. The first-order chi connectivity index (χ1) is 16.4. The fourth-order valence-corrected chi connectivity index (χ4v) is 4.26. The smallest absolute Gasteiger partial charge is 0.308 e. The summed E-state index contributed by atoms with van der Waals surface area (Å²) in [7, 11) is 0. The molecule has 0 aliphatic carbocycles. The third-order valence-corrected chi connectivity index (χ3v) is 6.13. The zero-order chi connectivity index (χ0) is 24.1. The second kappa shape index (κ2) is 10.5. The van der Waals surface area contributed by atoms with Crippen LogP contribution in [0, 0.1) is 18.8 Å². The minimum atomic E-state index is -0.783. The van der Waals surface area contributed by atoms with Gasteiger partial charge in [0.05, 0.1) is 12.5 Å². The van der Waals surface area contributed by atoms with E-state index in [0.29, 0.717) is 44.5 Å². The van der Waals surface area contributed by atoms with Crippen molar-refractivity contribution in [2.75, 3.05) is 19.7 Å². The molecule has 1 fully saturated rings. The van der Waals surface area contributed by atoms with Crippen molar-refractivity contribution in [2.24, 2.45) is 11.8 Å². The van der Waals surface area contributed by atoms with Gasteiger partial charge in [-0.05, 0) is 62.6 Å². The summed E-state index contributed by atoms with van der Waals surface area (Å²) in [5.41, 5.74) is 2.75. The molecular weight excluding hydrogens is 432 g/mol. The van der Waals surface area contributed by atoms with Crippen molar-refractivity contribution in [3.8, 4) is 17.2 Å². The standard InChI is InChI=1S/C27H30N2O5/c1-4-32-19(3)29-15-22(24(16-29)27(30)31)14-20-10-12-23(13-11-20)33-17-25-18(2)34-26(28-25)21-8-6-5-7-9-21/h5-13,22,24H,3-4,14-17H2,1-2H3,(H,30,31)/t22-,24-/m1/s1. The fraction of sp³-hybridized carbons (Fsp3) is 0.333. The summed E-state index contributed by atoms with van der Waals surface area (Å²) < 4.78 is 17.2. The molecule has 0 spiro atoms. The Balaban J connectivity index is 1.36. The number of nitrogens with zero attached hydrogens (tertiary/aromatic N) is 2. The Kier molecular flexibility index (Phi) is 7.21. The predicted molar refractivity (Wildman–Crippen MR) is 128 cm³/mol. The molecular formula is C27H30N2O5. The summed E-state index contributed by atoms with van der Waals surface area (Å²) in [5, 5.41) is 9.68. The minimum absolute atomic E-state index is 0.0179. The molecule has 0 unspecified atom stereocenters. The number of aryl methyl sites for hydroxylation is 1. The van der Waals surface area contributed by atoms with Gasteiger partial charge in [0.2, 0.25) is 5.89 Å². The molecule has 7 nitrogen and oxygen atoms in total. The number of aromatic nitrogens is 1.